The molecular weight excluding hydrogens is 316 g/mol. The van der Waals surface area contributed by atoms with Gasteiger partial charge in [-0.3, -0.25) is 9.69 Å². The molecular formula is C15H24N4O3S. The van der Waals surface area contributed by atoms with Crippen molar-refractivity contribution in [3.05, 3.63) is 35.9 Å². The van der Waals surface area contributed by atoms with Crippen molar-refractivity contribution in [1.29, 1.82) is 0 Å². The van der Waals surface area contributed by atoms with E-state index >= 15 is 0 Å². The van der Waals surface area contributed by atoms with E-state index in [1.165, 1.54) is 25.4 Å². The summed E-state index contributed by atoms with van der Waals surface area (Å²) in [6.45, 7) is 1.96. The quantitative estimate of drug-likeness (QED) is 0.801. The normalized spacial score (nSPS) is 20.6. The van der Waals surface area contributed by atoms with Crippen molar-refractivity contribution >= 4 is 16.1 Å². The molecule has 0 saturated carbocycles. The number of hydrogen-bond acceptors (Lipinski definition) is 4. The third-order valence-corrected chi connectivity index (χ3v) is 5.92. The van der Waals surface area contributed by atoms with E-state index in [0.717, 1.165) is 9.87 Å². The molecule has 0 unspecified atom stereocenters. The van der Waals surface area contributed by atoms with Crippen LogP contribution in [0.2, 0.25) is 0 Å². The van der Waals surface area contributed by atoms with E-state index in [1.807, 2.05) is 30.3 Å². The number of nitrogens with zero attached hydrogens (tertiary/aromatic N) is 3. The maximum absolute atomic E-state index is 12.4. The maximum atomic E-state index is 12.4. The molecule has 2 rings (SSSR count). The average Bonchev–Trinajstić information content (AvgIpc) is 2.54. The Bertz CT molecular complexity index is 633. The molecule has 1 fully saturated rings. The van der Waals surface area contributed by atoms with Gasteiger partial charge in [0.15, 0.2) is 0 Å². The maximum Gasteiger partial charge on any atom is 0.282 e. The molecule has 0 radical (unpaired) electrons. The summed E-state index contributed by atoms with van der Waals surface area (Å²) in [4.78, 5) is 14.3. The van der Waals surface area contributed by atoms with Crippen LogP contribution >= 0.6 is 0 Å². The molecule has 0 aliphatic carbocycles. The summed E-state index contributed by atoms with van der Waals surface area (Å²) in [6, 6.07) is 9.23. The van der Waals surface area contributed by atoms with Crippen molar-refractivity contribution in [2.24, 2.45) is 0 Å². The molecule has 1 atom stereocenters. The first-order valence-corrected chi connectivity index (χ1v) is 8.93. The minimum atomic E-state index is -3.62. The van der Waals surface area contributed by atoms with Crippen LogP contribution in [-0.4, -0.2) is 74.7 Å². The number of nitrogens with one attached hydrogen (secondary N) is 1. The molecule has 0 spiro atoms. The lowest BCUT2D eigenvalue weighted by molar-refractivity contribution is -0.126. The van der Waals surface area contributed by atoms with Crippen molar-refractivity contribution in [3.63, 3.8) is 0 Å². The van der Waals surface area contributed by atoms with Gasteiger partial charge in [-0.25, -0.2) is 0 Å². The smallest absolute Gasteiger partial charge is 0.282 e. The molecule has 128 valence electrons. The van der Waals surface area contributed by atoms with Crippen molar-refractivity contribution in [2.75, 3.05) is 40.8 Å². The lowest BCUT2D eigenvalue weighted by Crippen LogP contribution is -2.61. The predicted octanol–water partition coefficient (Wildman–Crippen LogP) is -0.275. The van der Waals surface area contributed by atoms with Gasteiger partial charge in [-0.2, -0.15) is 17.0 Å². The molecule has 1 N–H and O–H groups in total. The van der Waals surface area contributed by atoms with Gasteiger partial charge in [-0.1, -0.05) is 30.3 Å². The summed E-state index contributed by atoms with van der Waals surface area (Å²) in [5, 5.41) is 2.57. The van der Waals surface area contributed by atoms with Crippen LogP contribution in [0.15, 0.2) is 30.3 Å². The van der Waals surface area contributed by atoms with E-state index in [2.05, 4.69) is 10.2 Å². The van der Waals surface area contributed by atoms with Gasteiger partial charge in [0, 0.05) is 47.3 Å². The SMILES string of the molecule is CNC(=O)[C@@H]1CN(Cc2ccccc2)CCN1S(=O)(=O)N(C)C. The van der Waals surface area contributed by atoms with Crippen LogP contribution in [0.1, 0.15) is 5.56 Å². The summed E-state index contributed by atoms with van der Waals surface area (Å²) >= 11 is 0. The second-order valence-corrected chi connectivity index (χ2v) is 7.85. The van der Waals surface area contributed by atoms with Crippen molar-refractivity contribution in [3.8, 4) is 0 Å². The summed E-state index contributed by atoms with van der Waals surface area (Å²) in [7, 11) is 0.863. The first kappa shape index (κ1) is 17.9. The Morgan fingerprint density at radius 1 is 1.26 bits per heavy atom. The summed E-state index contributed by atoms with van der Waals surface area (Å²) < 4.78 is 27.3. The highest BCUT2D eigenvalue weighted by Crippen LogP contribution is 2.18. The van der Waals surface area contributed by atoms with Gasteiger partial charge in [0.1, 0.15) is 6.04 Å². The van der Waals surface area contributed by atoms with E-state index in [1.54, 1.807) is 0 Å². The van der Waals surface area contributed by atoms with Crippen molar-refractivity contribution in [2.45, 2.75) is 12.6 Å². The lowest BCUT2D eigenvalue weighted by Gasteiger charge is -2.40. The van der Waals surface area contributed by atoms with Crippen LogP contribution < -0.4 is 5.32 Å². The number of benzene rings is 1. The molecule has 1 aromatic carbocycles. The average molecular weight is 340 g/mol. The monoisotopic (exact) mass is 340 g/mol. The molecule has 23 heavy (non-hydrogen) atoms. The van der Waals surface area contributed by atoms with Crippen LogP contribution in [0.5, 0.6) is 0 Å². The first-order valence-electron chi connectivity index (χ1n) is 7.53. The number of likely N-dealkylation sites (N-methyl/N-ethyl adjacent to an activating group) is 1. The first-order chi connectivity index (χ1) is 10.9. The third kappa shape index (κ3) is 4.08. The topological polar surface area (TPSA) is 73.0 Å². The van der Waals surface area contributed by atoms with E-state index in [4.69, 9.17) is 0 Å². The van der Waals surface area contributed by atoms with Crippen LogP contribution in [0.25, 0.3) is 0 Å². The Morgan fingerprint density at radius 3 is 2.48 bits per heavy atom. The summed E-state index contributed by atoms with van der Waals surface area (Å²) in [5.41, 5.74) is 1.15. The van der Waals surface area contributed by atoms with Gasteiger partial charge in [0.05, 0.1) is 0 Å². The number of amides is 1. The van der Waals surface area contributed by atoms with Gasteiger partial charge >= 0.3 is 0 Å². The Kier molecular flexibility index (Phi) is 5.74. The molecule has 1 amide bonds. The van der Waals surface area contributed by atoms with Crippen LogP contribution in [0, 0.1) is 0 Å². The Labute approximate surface area is 138 Å². The predicted molar refractivity (Wildman–Crippen MR) is 88.9 cm³/mol. The van der Waals surface area contributed by atoms with E-state index in [-0.39, 0.29) is 5.91 Å². The lowest BCUT2D eigenvalue weighted by atomic mass is 10.1. The second-order valence-electron chi connectivity index (χ2n) is 5.75. The molecule has 0 bridgehead atoms. The van der Waals surface area contributed by atoms with E-state index in [9.17, 15) is 13.2 Å². The molecule has 8 heteroatoms. The van der Waals surface area contributed by atoms with Gasteiger partial charge < -0.3 is 5.32 Å². The Balaban J connectivity index is 2.16. The minimum Gasteiger partial charge on any atom is -0.358 e. The van der Waals surface area contributed by atoms with Crippen LogP contribution in [0.3, 0.4) is 0 Å². The molecule has 1 aliphatic heterocycles. The highest BCUT2D eigenvalue weighted by molar-refractivity contribution is 7.86. The molecule has 1 saturated heterocycles. The fourth-order valence-corrected chi connectivity index (χ4v) is 3.89. The standard InChI is InChI=1S/C15H24N4O3S/c1-16-15(20)14-12-18(11-13-7-5-4-6-8-13)9-10-19(14)23(21,22)17(2)3/h4-8,14H,9-12H2,1-3H3,(H,16,20)/t14-/m0/s1. The molecule has 1 aromatic rings. The largest absolute Gasteiger partial charge is 0.358 e. The van der Waals surface area contributed by atoms with Crippen molar-refractivity contribution in [1.82, 2.24) is 18.8 Å². The summed E-state index contributed by atoms with van der Waals surface area (Å²) in [6.07, 6.45) is 0. The molecule has 1 heterocycles. The zero-order chi connectivity index (χ0) is 17.0. The zero-order valence-corrected chi connectivity index (χ0v) is 14.6. The number of piperazine rings is 1. The molecule has 0 aromatic heterocycles. The highest BCUT2D eigenvalue weighted by atomic mass is 32.2. The highest BCUT2D eigenvalue weighted by Gasteiger charge is 2.39. The summed E-state index contributed by atoms with van der Waals surface area (Å²) in [5.74, 6) is -0.284. The zero-order valence-electron chi connectivity index (χ0n) is 13.8. The fourth-order valence-electron chi connectivity index (χ4n) is 2.67. The Hall–Kier alpha value is -1.48. The van der Waals surface area contributed by atoms with E-state index in [0.29, 0.717) is 26.2 Å². The minimum absolute atomic E-state index is 0.284. The van der Waals surface area contributed by atoms with Gasteiger partial charge in [-0.05, 0) is 5.56 Å². The van der Waals surface area contributed by atoms with Crippen LogP contribution in [-0.2, 0) is 21.5 Å². The number of hydrogen-bond donors (Lipinski definition) is 1. The number of carbonyl (C=O) groups is 1. The fraction of sp³-hybridized carbons (Fsp3) is 0.533. The third-order valence-electron chi connectivity index (χ3n) is 3.97. The number of carbonyl (C=O) groups excluding carboxylic acids is 1. The Morgan fingerprint density at radius 2 is 1.91 bits per heavy atom. The van der Waals surface area contributed by atoms with Gasteiger partial charge in [0.2, 0.25) is 5.91 Å². The second kappa shape index (κ2) is 7.39. The van der Waals surface area contributed by atoms with E-state index < -0.39 is 16.3 Å². The van der Waals surface area contributed by atoms with Crippen LogP contribution in [0.4, 0.5) is 0 Å². The van der Waals surface area contributed by atoms with Crippen molar-refractivity contribution < 1.29 is 13.2 Å². The van der Waals surface area contributed by atoms with Gasteiger partial charge in [0.25, 0.3) is 10.2 Å². The number of rotatable bonds is 5. The molecule has 7 nitrogen and oxygen atoms in total. The molecule has 1 aliphatic rings. The van der Waals surface area contributed by atoms with Gasteiger partial charge in [-0.15, -0.1) is 0 Å².